The van der Waals surface area contributed by atoms with Crippen molar-refractivity contribution in [2.75, 3.05) is 0 Å². The predicted octanol–water partition coefficient (Wildman–Crippen LogP) is 3.66. The van der Waals surface area contributed by atoms with Crippen molar-refractivity contribution in [3.8, 4) is 0 Å². The third-order valence-electron chi connectivity index (χ3n) is 3.50. The van der Waals surface area contributed by atoms with Gasteiger partial charge in [0.1, 0.15) is 17.4 Å². The molecule has 3 aromatic heterocycles. The molecule has 0 spiro atoms. The summed E-state index contributed by atoms with van der Waals surface area (Å²) in [6.07, 6.45) is 3.82. The van der Waals surface area contributed by atoms with Crippen LogP contribution in [0.4, 0.5) is 0 Å². The summed E-state index contributed by atoms with van der Waals surface area (Å²) in [6, 6.07) is 5.71. The van der Waals surface area contributed by atoms with Gasteiger partial charge in [-0.15, -0.1) is 0 Å². The van der Waals surface area contributed by atoms with Crippen LogP contribution in [0.15, 0.2) is 30.6 Å². The minimum atomic E-state index is -0.492. The van der Waals surface area contributed by atoms with Gasteiger partial charge in [0.25, 0.3) is 0 Å². The number of esters is 1. The molecule has 0 saturated heterocycles. The number of halogens is 1. The van der Waals surface area contributed by atoms with Gasteiger partial charge in [0, 0.05) is 18.1 Å². The maximum absolute atomic E-state index is 12.3. The first-order valence-electron chi connectivity index (χ1n) is 7.19. The summed E-state index contributed by atoms with van der Waals surface area (Å²) in [5.74, 6) is -0.492. The molecule has 0 atom stereocenters. The summed E-state index contributed by atoms with van der Waals surface area (Å²) in [6.45, 7) is 5.73. The molecule has 0 aromatic carbocycles. The number of imidazole rings is 1. The molecule has 0 amide bonds. The molecule has 0 radical (unpaired) electrons. The molecule has 0 bridgehead atoms. The van der Waals surface area contributed by atoms with Crippen molar-refractivity contribution in [3.05, 3.63) is 63.8 Å². The maximum atomic E-state index is 12.3. The van der Waals surface area contributed by atoms with Crippen LogP contribution in [0.5, 0.6) is 0 Å². The fourth-order valence-corrected chi connectivity index (χ4v) is 2.83. The van der Waals surface area contributed by atoms with Crippen LogP contribution in [-0.4, -0.2) is 20.3 Å². The number of pyridine rings is 2. The number of fused-ring (bicyclic) bond motifs is 1. The molecule has 6 heteroatoms. The number of hydrogen-bond donors (Lipinski definition) is 0. The molecule has 0 fully saturated rings. The number of aryl methyl sites for hydroxylation is 3. The maximum Gasteiger partial charge on any atom is 0.341 e. The Labute approximate surface area is 138 Å². The average molecular weight is 330 g/mol. The van der Waals surface area contributed by atoms with Gasteiger partial charge in [-0.25, -0.2) is 14.8 Å². The summed E-state index contributed by atoms with van der Waals surface area (Å²) >= 11 is 6.06. The van der Waals surface area contributed by atoms with Gasteiger partial charge in [-0.1, -0.05) is 17.7 Å². The second-order valence-corrected chi connectivity index (χ2v) is 5.88. The van der Waals surface area contributed by atoms with E-state index in [9.17, 15) is 4.79 Å². The summed E-state index contributed by atoms with van der Waals surface area (Å²) in [5, 5.41) is 0.165. The fraction of sp³-hybridized carbons (Fsp3) is 0.235. The number of hydrogen-bond acceptors (Lipinski definition) is 4. The first-order valence-corrected chi connectivity index (χ1v) is 7.57. The summed E-state index contributed by atoms with van der Waals surface area (Å²) in [4.78, 5) is 20.8. The molecular formula is C17H16ClN3O2. The van der Waals surface area contributed by atoms with E-state index in [1.807, 2.05) is 49.7 Å². The van der Waals surface area contributed by atoms with E-state index < -0.39 is 5.97 Å². The Morgan fingerprint density at radius 3 is 2.74 bits per heavy atom. The van der Waals surface area contributed by atoms with Crippen molar-refractivity contribution in [1.29, 1.82) is 0 Å². The predicted molar refractivity (Wildman–Crippen MR) is 87.8 cm³/mol. The van der Waals surface area contributed by atoms with Crippen LogP contribution < -0.4 is 0 Å². The van der Waals surface area contributed by atoms with Crippen molar-refractivity contribution in [3.63, 3.8) is 0 Å². The first kappa shape index (κ1) is 15.5. The Balaban J connectivity index is 1.78. The van der Waals surface area contributed by atoms with Gasteiger partial charge in [-0.05, 0) is 44.0 Å². The average Bonchev–Trinajstić information content (AvgIpc) is 2.86. The minimum absolute atomic E-state index is 0.0865. The van der Waals surface area contributed by atoms with Gasteiger partial charge >= 0.3 is 5.97 Å². The number of rotatable bonds is 3. The topological polar surface area (TPSA) is 56.5 Å². The normalized spacial score (nSPS) is 11.0. The van der Waals surface area contributed by atoms with Gasteiger partial charge in [-0.3, -0.25) is 0 Å². The Kier molecular flexibility index (Phi) is 4.05. The fourth-order valence-electron chi connectivity index (χ4n) is 2.47. The monoisotopic (exact) mass is 329 g/mol. The van der Waals surface area contributed by atoms with Crippen LogP contribution in [0, 0.1) is 20.8 Å². The molecule has 0 unspecified atom stereocenters. The smallest absolute Gasteiger partial charge is 0.341 e. The van der Waals surface area contributed by atoms with E-state index in [1.165, 1.54) is 0 Å². The number of aromatic nitrogens is 3. The van der Waals surface area contributed by atoms with E-state index >= 15 is 0 Å². The van der Waals surface area contributed by atoms with Gasteiger partial charge in [0.05, 0.1) is 11.3 Å². The first-order chi connectivity index (χ1) is 10.9. The van der Waals surface area contributed by atoms with E-state index in [0.29, 0.717) is 11.3 Å². The molecule has 0 saturated carbocycles. The van der Waals surface area contributed by atoms with Gasteiger partial charge in [-0.2, -0.15) is 0 Å². The van der Waals surface area contributed by atoms with Crippen molar-refractivity contribution in [1.82, 2.24) is 14.4 Å². The summed E-state index contributed by atoms with van der Waals surface area (Å²) in [7, 11) is 0. The Bertz CT molecular complexity index is 879. The standard InChI is InChI=1S/C17H16ClN3O2/c1-10-4-5-14-20-13(8-21(14)7-10)9-23-17(22)15-11(2)6-12(3)19-16(15)18/h4-8H,9H2,1-3H3. The van der Waals surface area contributed by atoms with Crippen LogP contribution in [0.3, 0.4) is 0 Å². The largest absolute Gasteiger partial charge is 0.455 e. The minimum Gasteiger partial charge on any atom is -0.455 e. The van der Waals surface area contributed by atoms with Crippen LogP contribution in [0.1, 0.15) is 32.9 Å². The molecule has 0 aliphatic carbocycles. The van der Waals surface area contributed by atoms with Crippen LogP contribution >= 0.6 is 11.6 Å². The number of ether oxygens (including phenoxy) is 1. The molecule has 3 rings (SSSR count). The molecule has 0 N–H and O–H groups in total. The van der Waals surface area contributed by atoms with E-state index in [0.717, 1.165) is 22.5 Å². The zero-order valence-electron chi connectivity index (χ0n) is 13.1. The van der Waals surface area contributed by atoms with E-state index in [4.69, 9.17) is 16.3 Å². The Morgan fingerprint density at radius 1 is 1.22 bits per heavy atom. The highest BCUT2D eigenvalue weighted by Gasteiger charge is 2.17. The SMILES string of the molecule is Cc1ccc2nc(COC(=O)c3c(C)cc(C)nc3Cl)cn2c1. The lowest BCUT2D eigenvalue weighted by Gasteiger charge is -2.08. The highest BCUT2D eigenvalue weighted by Crippen LogP contribution is 2.20. The van der Waals surface area contributed by atoms with Crippen LogP contribution in [0.2, 0.25) is 5.15 Å². The summed E-state index contributed by atoms with van der Waals surface area (Å²) < 4.78 is 7.24. The lowest BCUT2D eigenvalue weighted by Crippen LogP contribution is -2.09. The van der Waals surface area contributed by atoms with E-state index in [-0.39, 0.29) is 11.8 Å². The third kappa shape index (κ3) is 3.19. The summed E-state index contributed by atoms with van der Waals surface area (Å²) in [5.41, 5.74) is 4.44. The zero-order valence-corrected chi connectivity index (χ0v) is 13.9. The van der Waals surface area contributed by atoms with Gasteiger partial charge in [0.15, 0.2) is 0 Å². The highest BCUT2D eigenvalue weighted by atomic mass is 35.5. The quantitative estimate of drug-likeness (QED) is 0.543. The number of nitrogens with zero attached hydrogens (tertiary/aromatic N) is 3. The van der Waals surface area contributed by atoms with Gasteiger partial charge in [0.2, 0.25) is 0 Å². The van der Waals surface area contributed by atoms with Crippen LogP contribution in [-0.2, 0) is 11.3 Å². The molecule has 5 nitrogen and oxygen atoms in total. The van der Waals surface area contributed by atoms with Crippen molar-refractivity contribution in [2.24, 2.45) is 0 Å². The lowest BCUT2D eigenvalue weighted by atomic mass is 10.1. The Morgan fingerprint density at radius 2 is 2.00 bits per heavy atom. The zero-order chi connectivity index (χ0) is 16.6. The van der Waals surface area contributed by atoms with Crippen molar-refractivity contribution in [2.45, 2.75) is 27.4 Å². The molecule has 3 aromatic rings. The second kappa shape index (κ2) is 6.01. The van der Waals surface area contributed by atoms with Crippen molar-refractivity contribution >= 4 is 23.2 Å². The molecule has 118 valence electrons. The third-order valence-corrected chi connectivity index (χ3v) is 3.78. The Hall–Kier alpha value is -2.40. The van der Waals surface area contributed by atoms with E-state index in [2.05, 4.69) is 9.97 Å². The lowest BCUT2D eigenvalue weighted by molar-refractivity contribution is 0.0467. The molecule has 0 aliphatic rings. The second-order valence-electron chi connectivity index (χ2n) is 5.53. The van der Waals surface area contributed by atoms with Gasteiger partial charge < -0.3 is 9.14 Å². The number of carbonyl (C=O) groups excluding carboxylic acids is 1. The molecule has 3 heterocycles. The number of carbonyl (C=O) groups is 1. The van der Waals surface area contributed by atoms with Crippen LogP contribution in [0.25, 0.3) is 5.65 Å². The molecule has 23 heavy (non-hydrogen) atoms. The molecular weight excluding hydrogens is 314 g/mol. The van der Waals surface area contributed by atoms with E-state index in [1.54, 1.807) is 6.07 Å². The van der Waals surface area contributed by atoms with Crippen molar-refractivity contribution < 1.29 is 9.53 Å². The molecule has 0 aliphatic heterocycles. The highest BCUT2D eigenvalue weighted by molar-refractivity contribution is 6.32.